The maximum absolute atomic E-state index is 12.7. The zero-order chi connectivity index (χ0) is 27.6. The van der Waals surface area contributed by atoms with Crippen LogP contribution in [0.15, 0.2) is 49.1 Å². The quantitative estimate of drug-likeness (QED) is 0.292. The molecule has 3 aromatic heterocycles. The number of carbonyl (C=O) groups is 2. The van der Waals surface area contributed by atoms with Crippen LogP contribution in [-0.4, -0.2) is 56.3 Å². The van der Waals surface area contributed by atoms with E-state index in [2.05, 4.69) is 41.0 Å². The molecule has 3 heterocycles. The van der Waals surface area contributed by atoms with Gasteiger partial charge >= 0.3 is 0 Å². The van der Waals surface area contributed by atoms with E-state index < -0.39 is 12.9 Å². The number of hydrogen-bond donors (Lipinski definition) is 4. The summed E-state index contributed by atoms with van der Waals surface area (Å²) in [6.07, 6.45) is 8.29. The van der Waals surface area contributed by atoms with Crippen LogP contribution in [-0.2, 0) is 4.79 Å². The highest BCUT2D eigenvalue weighted by Crippen LogP contribution is 2.37. The summed E-state index contributed by atoms with van der Waals surface area (Å²) in [5.41, 5.74) is 2.39. The van der Waals surface area contributed by atoms with E-state index in [1.807, 2.05) is 5.32 Å². The first kappa shape index (κ1) is 19.4. The molecule has 2 amide bonds. The highest BCUT2D eigenvalue weighted by molar-refractivity contribution is 6.00. The Labute approximate surface area is 210 Å². The van der Waals surface area contributed by atoms with Crippen molar-refractivity contribution in [2.24, 2.45) is 5.92 Å². The van der Waals surface area contributed by atoms with E-state index in [0.29, 0.717) is 22.8 Å². The van der Waals surface area contributed by atoms with E-state index in [0.717, 1.165) is 24.0 Å². The first-order valence-electron chi connectivity index (χ1n) is 12.5. The molecule has 1 aromatic carbocycles. The normalized spacial score (nSPS) is 14.2. The Bertz CT molecular complexity index is 1510. The van der Waals surface area contributed by atoms with E-state index in [9.17, 15) is 9.59 Å². The van der Waals surface area contributed by atoms with Gasteiger partial charge in [-0.25, -0.2) is 9.97 Å². The van der Waals surface area contributed by atoms with Crippen LogP contribution in [0.1, 0.15) is 27.4 Å². The van der Waals surface area contributed by atoms with Crippen LogP contribution in [0.5, 0.6) is 5.75 Å². The van der Waals surface area contributed by atoms with Crippen molar-refractivity contribution in [3.05, 3.63) is 54.7 Å². The Morgan fingerprint density at radius 1 is 1.11 bits per heavy atom. The lowest BCUT2D eigenvalue weighted by Crippen LogP contribution is -2.22. The smallest absolute Gasteiger partial charge is 0.273 e. The third-order valence-electron chi connectivity index (χ3n) is 5.53. The Balaban J connectivity index is 1.49. The summed E-state index contributed by atoms with van der Waals surface area (Å²) in [5, 5.41) is 22.1. The van der Waals surface area contributed by atoms with Crippen LogP contribution in [0.3, 0.4) is 0 Å². The average molecular weight is 489 g/mol. The number of hydrogen-bond acceptors (Lipinski definition) is 9. The zero-order valence-corrected chi connectivity index (χ0v) is 19.1. The SMILES string of the molecule is [2H]C([2H])([2H])NC(=O)c1nnc(NC(=O)C2CC2)cc1Nc1cccc(-c2ncc(-c3cn[nH]c3)cn2)c1OC. The van der Waals surface area contributed by atoms with E-state index in [1.165, 1.54) is 13.2 Å². The van der Waals surface area contributed by atoms with E-state index in [-0.39, 0.29) is 29.0 Å². The molecule has 4 aromatic rings. The van der Waals surface area contributed by atoms with Gasteiger partial charge < -0.3 is 20.7 Å². The molecule has 0 saturated heterocycles. The minimum Gasteiger partial charge on any atom is -0.494 e. The number of nitrogens with zero attached hydrogens (tertiary/aromatic N) is 5. The van der Waals surface area contributed by atoms with Crippen molar-refractivity contribution in [3.63, 3.8) is 0 Å². The zero-order valence-electron chi connectivity index (χ0n) is 22.1. The molecule has 12 nitrogen and oxygen atoms in total. The number of anilines is 3. The standard InChI is InChI=1S/C24H23N9O3/c1-25-24(35)20-18(8-19(32-33-20)31-23(34)13-6-7-13)30-17-5-3-4-16(21(17)36-2)22-26-9-14(10-27-22)15-11-28-29-12-15/h3-5,8-13H,6-7H2,1-2H3,(H,25,35)(H,28,29)(H2,30,31,32,34)/i1D3. The molecule has 1 aliphatic carbocycles. The van der Waals surface area contributed by atoms with Gasteiger partial charge in [0, 0.05) is 52.8 Å². The van der Waals surface area contributed by atoms with Crippen molar-refractivity contribution in [1.82, 2.24) is 35.7 Å². The molecule has 0 unspecified atom stereocenters. The van der Waals surface area contributed by atoms with Crippen molar-refractivity contribution < 1.29 is 18.4 Å². The maximum Gasteiger partial charge on any atom is 0.273 e. The van der Waals surface area contributed by atoms with E-state index in [1.54, 1.807) is 43.0 Å². The van der Waals surface area contributed by atoms with Gasteiger partial charge in [-0.05, 0) is 25.0 Å². The van der Waals surface area contributed by atoms with Crippen LogP contribution < -0.4 is 20.7 Å². The number of amides is 2. The first-order chi connectivity index (χ1) is 18.7. The van der Waals surface area contributed by atoms with Crippen LogP contribution in [0, 0.1) is 5.92 Å². The van der Waals surface area contributed by atoms with Gasteiger partial charge in [0.2, 0.25) is 5.91 Å². The van der Waals surface area contributed by atoms with Crippen molar-refractivity contribution >= 4 is 29.0 Å². The van der Waals surface area contributed by atoms with Crippen molar-refractivity contribution in [2.45, 2.75) is 12.8 Å². The van der Waals surface area contributed by atoms with Gasteiger partial charge in [0.1, 0.15) is 0 Å². The fourth-order valence-electron chi connectivity index (χ4n) is 3.55. The van der Waals surface area contributed by atoms with Gasteiger partial charge in [-0.2, -0.15) is 5.10 Å². The Morgan fingerprint density at radius 3 is 2.64 bits per heavy atom. The molecule has 0 bridgehead atoms. The molecule has 36 heavy (non-hydrogen) atoms. The third-order valence-corrected chi connectivity index (χ3v) is 5.53. The summed E-state index contributed by atoms with van der Waals surface area (Å²) < 4.78 is 27.8. The molecule has 1 saturated carbocycles. The number of nitrogens with one attached hydrogen (secondary N) is 4. The molecule has 0 atom stereocenters. The maximum atomic E-state index is 12.7. The average Bonchev–Trinajstić information content (AvgIpc) is 3.62. The number of para-hydroxylation sites is 1. The molecule has 182 valence electrons. The predicted octanol–water partition coefficient (Wildman–Crippen LogP) is 2.78. The number of methoxy groups -OCH3 is 1. The minimum atomic E-state index is -2.74. The largest absolute Gasteiger partial charge is 0.494 e. The molecule has 4 N–H and O–H groups in total. The summed E-state index contributed by atoms with van der Waals surface area (Å²) in [5.74, 6) is -0.417. The summed E-state index contributed by atoms with van der Waals surface area (Å²) in [7, 11) is 1.47. The number of rotatable bonds is 8. The fourth-order valence-corrected chi connectivity index (χ4v) is 3.55. The van der Waals surface area contributed by atoms with Crippen molar-refractivity contribution in [1.29, 1.82) is 0 Å². The summed E-state index contributed by atoms with van der Waals surface area (Å²) >= 11 is 0. The topological polar surface area (TPSA) is 160 Å². The number of aromatic amines is 1. The van der Waals surface area contributed by atoms with Gasteiger partial charge in [-0.3, -0.25) is 14.7 Å². The van der Waals surface area contributed by atoms with Gasteiger partial charge in [-0.1, -0.05) is 6.07 Å². The second-order valence-electron chi connectivity index (χ2n) is 8.00. The molecule has 1 fully saturated rings. The van der Waals surface area contributed by atoms with Gasteiger partial charge in [0.25, 0.3) is 5.91 Å². The highest BCUT2D eigenvalue weighted by atomic mass is 16.5. The highest BCUT2D eigenvalue weighted by Gasteiger charge is 2.30. The number of benzene rings is 1. The molecule has 0 radical (unpaired) electrons. The number of ether oxygens (including phenoxy) is 1. The van der Waals surface area contributed by atoms with E-state index >= 15 is 0 Å². The molecular weight excluding hydrogens is 462 g/mol. The van der Waals surface area contributed by atoms with Crippen molar-refractivity contribution in [3.8, 4) is 28.3 Å². The second kappa shape index (κ2) is 9.78. The predicted molar refractivity (Wildman–Crippen MR) is 132 cm³/mol. The Hall–Kier alpha value is -4.87. The molecule has 1 aliphatic rings. The number of H-pyrrole nitrogens is 1. The molecule has 5 rings (SSSR count). The van der Waals surface area contributed by atoms with Crippen LogP contribution >= 0.6 is 0 Å². The van der Waals surface area contributed by atoms with Gasteiger partial charge in [-0.15, -0.1) is 10.2 Å². The molecule has 0 aliphatic heterocycles. The Morgan fingerprint density at radius 2 is 1.94 bits per heavy atom. The van der Waals surface area contributed by atoms with Crippen LogP contribution in [0.25, 0.3) is 22.5 Å². The van der Waals surface area contributed by atoms with Crippen molar-refractivity contribution in [2.75, 3.05) is 24.7 Å². The van der Waals surface area contributed by atoms with Crippen LogP contribution in [0.4, 0.5) is 17.2 Å². The monoisotopic (exact) mass is 488 g/mol. The fraction of sp³-hybridized carbons (Fsp3) is 0.208. The molecule has 12 heteroatoms. The number of aromatic nitrogens is 6. The van der Waals surface area contributed by atoms with Crippen LogP contribution in [0.2, 0.25) is 0 Å². The number of carbonyl (C=O) groups excluding carboxylic acids is 2. The summed E-state index contributed by atoms with van der Waals surface area (Å²) in [6.45, 7) is -2.74. The molecular formula is C24H23N9O3. The van der Waals surface area contributed by atoms with Gasteiger partial charge in [0.05, 0.1) is 30.2 Å². The summed E-state index contributed by atoms with van der Waals surface area (Å²) in [6, 6.07) is 6.60. The lowest BCUT2D eigenvalue weighted by Gasteiger charge is -2.16. The lowest BCUT2D eigenvalue weighted by molar-refractivity contribution is -0.117. The first-order valence-corrected chi connectivity index (χ1v) is 11.0. The molecule has 0 spiro atoms. The van der Waals surface area contributed by atoms with E-state index in [4.69, 9.17) is 8.85 Å². The second-order valence-corrected chi connectivity index (χ2v) is 8.00. The lowest BCUT2D eigenvalue weighted by atomic mass is 10.1. The van der Waals surface area contributed by atoms with Gasteiger partial charge in [0.15, 0.2) is 23.1 Å². The third kappa shape index (κ3) is 4.69. The summed E-state index contributed by atoms with van der Waals surface area (Å²) in [4.78, 5) is 33.9. The minimum absolute atomic E-state index is 0.0848. The Kier molecular flexibility index (Phi) is 5.28.